The van der Waals surface area contributed by atoms with Crippen LogP contribution in [0.25, 0.3) is 0 Å². The molecule has 0 aromatic heterocycles. The number of hydrogen-bond donors (Lipinski definition) is 1. The Morgan fingerprint density at radius 2 is 2.09 bits per heavy atom. The molecule has 0 aliphatic heterocycles. The Balaban J connectivity index is 2.57. The zero-order chi connectivity index (χ0) is 8.32. The van der Waals surface area contributed by atoms with Gasteiger partial charge in [0.2, 0.25) is 0 Å². The molecule has 11 heavy (non-hydrogen) atoms. The number of aliphatic hydroxyl groups is 1. The summed E-state index contributed by atoms with van der Waals surface area (Å²) >= 11 is 0. The molecule has 2 unspecified atom stereocenters. The van der Waals surface area contributed by atoms with E-state index in [0.29, 0.717) is 6.42 Å². The summed E-state index contributed by atoms with van der Waals surface area (Å²) in [7, 11) is 3.14. The van der Waals surface area contributed by atoms with Gasteiger partial charge in [-0.15, -0.1) is 0 Å². The molecule has 0 bridgehead atoms. The summed E-state index contributed by atoms with van der Waals surface area (Å²) in [6.45, 7) is 0. The van der Waals surface area contributed by atoms with Crippen molar-refractivity contribution >= 4 is 0 Å². The summed E-state index contributed by atoms with van der Waals surface area (Å²) in [5, 5.41) is 9.79. The fraction of sp³-hybridized carbons (Fsp3) is 1.00. The fourth-order valence-electron chi connectivity index (χ4n) is 1.63. The minimum absolute atomic E-state index is 0.152. The van der Waals surface area contributed by atoms with E-state index in [0.717, 1.165) is 19.3 Å². The first-order valence-corrected chi connectivity index (χ1v) is 4.03. The largest absolute Gasteiger partial charge is 0.376 e. The molecule has 0 spiro atoms. The lowest BCUT2D eigenvalue weighted by molar-refractivity contribution is -0.263. The number of ether oxygens (including phenoxy) is 2. The van der Waals surface area contributed by atoms with Gasteiger partial charge in [-0.05, 0) is 12.8 Å². The summed E-state index contributed by atoms with van der Waals surface area (Å²) in [5.74, 6) is -1.03. The van der Waals surface area contributed by atoms with Crippen molar-refractivity contribution in [2.75, 3.05) is 14.2 Å². The molecule has 1 aliphatic rings. The first kappa shape index (κ1) is 8.97. The van der Waals surface area contributed by atoms with Crippen LogP contribution in [0, 0.1) is 0 Å². The van der Waals surface area contributed by atoms with Gasteiger partial charge in [-0.25, -0.2) is 0 Å². The van der Waals surface area contributed by atoms with Gasteiger partial charge >= 0.3 is 0 Å². The van der Waals surface area contributed by atoms with Crippen molar-refractivity contribution in [3.8, 4) is 0 Å². The molecule has 3 nitrogen and oxygen atoms in total. The molecule has 0 amide bonds. The van der Waals surface area contributed by atoms with Gasteiger partial charge in [0.15, 0.2) is 5.79 Å². The molecular weight excluding hydrogens is 144 g/mol. The van der Waals surface area contributed by atoms with Crippen LogP contribution in [0.3, 0.4) is 0 Å². The summed E-state index contributed by atoms with van der Waals surface area (Å²) in [6.07, 6.45) is 3.55. The highest BCUT2D eigenvalue weighted by Crippen LogP contribution is 2.30. The van der Waals surface area contributed by atoms with Crippen molar-refractivity contribution in [2.45, 2.75) is 37.6 Å². The SMILES string of the molecule is COC1CCCCC1(O)OC. The standard InChI is InChI=1S/C8H16O3/c1-10-7-5-3-4-6-8(7,9)11-2/h7,9H,3-6H2,1-2H3. The van der Waals surface area contributed by atoms with Crippen LogP contribution in [-0.2, 0) is 9.47 Å². The van der Waals surface area contributed by atoms with Crippen LogP contribution in [0.2, 0.25) is 0 Å². The highest BCUT2D eigenvalue weighted by molar-refractivity contribution is 4.82. The molecule has 0 aromatic carbocycles. The van der Waals surface area contributed by atoms with Gasteiger partial charge in [0, 0.05) is 20.6 Å². The van der Waals surface area contributed by atoms with E-state index in [-0.39, 0.29) is 6.10 Å². The molecule has 1 saturated carbocycles. The van der Waals surface area contributed by atoms with Gasteiger partial charge in [-0.2, -0.15) is 0 Å². The van der Waals surface area contributed by atoms with Crippen LogP contribution in [-0.4, -0.2) is 31.2 Å². The van der Waals surface area contributed by atoms with E-state index in [1.54, 1.807) is 7.11 Å². The first-order valence-electron chi connectivity index (χ1n) is 4.03. The van der Waals surface area contributed by atoms with E-state index < -0.39 is 5.79 Å². The van der Waals surface area contributed by atoms with Crippen molar-refractivity contribution in [3.05, 3.63) is 0 Å². The Labute approximate surface area is 67.3 Å². The zero-order valence-electron chi connectivity index (χ0n) is 7.17. The Morgan fingerprint density at radius 3 is 2.55 bits per heavy atom. The average molecular weight is 160 g/mol. The molecule has 0 heterocycles. The van der Waals surface area contributed by atoms with Crippen molar-refractivity contribution in [1.29, 1.82) is 0 Å². The maximum Gasteiger partial charge on any atom is 0.191 e. The minimum atomic E-state index is -1.03. The van der Waals surface area contributed by atoms with E-state index in [1.165, 1.54) is 7.11 Å². The lowest BCUT2D eigenvalue weighted by Gasteiger charge is -2.37. The summed E-state index contributed by atoms with van der Waals surface area (Å²) in [5.41, 5.74) is 0. The molecule has 0 radical (unpaired) electrons. The number of rotatable bonds is 2. The topological polar surface area (TPSA) is 38.7 Å². The first-order chi connectivity index (χ1) is 5.23. The van der Waals surface area contributed by atoms with E-state index in [9.17, 15) is 5.11 Å². The highest BCUT2D eigenvalue weighted by atomic mass is 16.6. The van der Waals surface area contributed by atoms with Crippen LogP contribution >= 0.6 is 0 Å². The van der Waals surface area contributed by atoms with Crippen LogP contribution in [0.1, 0.15) is 25.7 Å². The van der Waals surface area contributed by atoms with E-state index in [1.807, 2.05) is 0 Å². The van der Waals surface area contributed by atoms with Crippen LogP contribution in [0.15, 0.2) is 0 Å². The minimum Gasteiger partial charge on any atom is -0.376 e. The van der Waals surface area contributed by atoms with Gasteiger partial charge in [-0.1, -0.05) is 6.42 Å². The van der Waals surface area contributed by atoms with Crippen molar-refractivity contribution < 1.29 is 14.6 Å². The van der Waals surface area contributed by atoms with Crippen LogP contribution in [0.4, 0.5) is 0 Å². The monoisotopic (exact) mass is 160 g/mol. The fourth-order valence-corrected chi connectivity index (χ4v) is 1.63. The Kier molecular flexibility index (Phi) is 2.87. The molecule has 1 rings (SSSR count). The lowest BCUT2D eigenvalue weighted by Crippen LogP contribution is -2.47. The smallest absolute Gasteiger partial charge is 0.191 e. The quantitative estimate of drug-likeness (QED) is 0.610. The van der Waals surface area contributed by atoms with Gasteiger partial charge in [0.05, 0.1) is 0 Å². The molecule has 66 valence electrons. The molecule has 0 aromatic rings. The van der Waals surface area contributed by atoms with E-state index in [2.05, 4.69) is 0 Å². The summed E-state index contributed by atoms with van der Waals surface area (Å²) < 4.78 is 10.1. The van der Waals surface area contributed by atoms with Gasteiger partial charge in [0.25, 0.3) is 0 Å². The Bertz CT molecular complexity index is 127. The van der Waals surface area contributed by atoms with Gasteiger partial charge in [-0.3, -0.25) is 0 Å². The van der Waals surface area contributed by atoms with E-state index in [4.69, 9.17) is 9.47 Å². The molecule has 1 N–H and O–H groups in total. The number of methoxy groups -OCH3 is 2. The Hall–Kier alpha value is -0.120. The zero-order valence-corrected chi connectivity index (χ0v) is 7.17. The second kappa shape index (κ2) is 3.52. The molecule has 0 saturated heterocycles. The molecule has 2 atom stereocenters. The van der Waals surface area contributed by atoms with E-state index >= 15 is 0 Å². The maximum absolute atomic E-state index is 9.79. The summed E-state index contributed by atoms with van der Waals surface area (Å²) in [6, 6.07) is 0. The molecule has 1 aliphatic carbocycles. The van der Waals surface area contributed by atoms with Crippen molar-refractivity contribution in [3.63, 3.8) is 0 Å². The van der Waals surface area contributed by atoms with Crippen molar-refractivity contribution in [2.24, 2.45) is 0 Å². The molecule has 1 fully saturated rings. The summed E-state index contributed by atoms with van der Waals surface area (Å²) in [4.78, 5) is 0. The molecule has 3 heteroatoms. The van der Waals surface area contributed by atoms with Crippen LogP contribution < -0.4 is 0 Å². The predicted octanol–water partition coefficient (Wildman–Crippen LogP) is 0.910. The third-order valence-electron chi connectivity index (χ3n) is 2.39. The highest BCUT2D eigenvalue weighted by Gasteiger charge is 2.39. The predicted molar refractivity (Wildman–Crippen MR) is 41.2 cm³/mol. The van der Waals surface area contributed by atoms with Crippen molar-refractivity contribution in [1.82, 2.24) is 0 Å². The molecular formula is C8H16O3. The van der Waals surface area contributed by atoms with Gasteiger partial charge in [0.1, 0.15) is 6.10 Å². The van der Waals surface area contributed by atoms with Crippen LogP contribution in [0.5, 0.6) is 0 Å². The van der Waals surface area contributed by atoms with Gasteiger partial charge < -0.3 is 14.6 Å². The third-order valence-corrected chi connectivity index (χ3v) is 2.39. The normalized spacial score (nSPS) is 39.0. The maximum atomic E-state index is 9.79. The second-order valence-electron chi connectivity index (χ2n) is 3.02. The third kappa shape index (κ3) is 1.72. The Morgan fingerprint density at radius 1 is 1.36 bits per heavy atom. The number of hydrogen-bond acceptors (Lipinski definition) is 3. The average Bonchev–Trinajstić information content (AvgIpc) is 2.05. The second-order valence-corrected chi connectivity index (χ2v) is 3.02. The lowest BCUT2D eigenvalue weighted by atomic mass is 9.91.